The van der Waals surface area contributed by atoms with Gasteiger partial charge in [-0.1, -0.05) is 115 Å². The van der Waals surface area contributed by atoms with Crippen LogP contribution in [0.4, 0.5) is 0 Å². The van der Waals surface area contributed by atoms with Crippen LogP contribution in [0, 0.1) is 0 Å². The number of halogens is 1. The smallest absolute Gasteiger partial charge is 0.271 e. The molecular weight excluding hydrogens is 534 g/mol. The highest BCUT2D eigenvalue weighted by molar-refractivity contribution is 7.09. The molecule has 1 amide bonds. The van der Waals surface area contributed by atoms with Crippen LogP contribution in [0.25, 0.3) is 0 Å². The summed E-state index contributed by atoms with van der Waals surface area (Å²) in [6, 6.07) is 39.3. The van der Waals surface area contributed by atoms with Crippen molar-refractivity contribution in [2.75, 3.05) is 6.54 Å². The first kappa shape index (κ1) is 27.8. The second kappa shape index (κ2) is 14.0. The first-order valence-corrected chi connectivity index (χ1v) is 14.7. The standard InChI is InChI=1S/C34H32ClN3OS/c35-30-18-16-27(17-19-30)23-38(21-20-31(28-12-6-2-7-13-28)29-14-8-3-9-15-29)24-33-37-32(25-40-33)34(39)36-22-26-10-4-1-5-11-26/h1-19,25,31H,20-24H2,(H,36,39). The van der Waals surface area contributed by atoms with E-state index in [4.69, 9.17) is 16.6 Å². The van der Waals surface area contributed by atoms with Crippen molar-refractivity contribution in [3.8, 4) is 0 Å². The topological polar surface area (TPSA) is 45.2 Å². The fourth-order valence-corrected chi connectivity index (χ4v) is 5.76. The Morgan fingerprint density at radius 2 is 1.38 bits per heavy atom. The Labute approximate surface area is 245 Å². The Balaban J connectivity index is 1.30. The van der Waals surface area contributed by atoms with Gasteiger partial charge in [0.25, 0.3) is 5.91 Å². The zero-order valence-corrected chi connectivity index (χ0v) is 23.8. The van der Waals surface area contributed by atoms with E-state index in [1.165, 1.54) is 28.0 Å². The summed E-state index contributed by atoms with van der Waals surface area (Å²) in [4.78, 5) is 19.9. The molecule has 40 heavy (non-hydrogen) atoms. The molecular formula is C34H32ClN3OS. The van der Waals surface area contributed by atoms with Crippen LogP contribution in [0.15, 0.2) is 121 Å². The molecule has 0 spiro atoms. The molecule has 0 aliphatic rings. The van der Waals surface area contributed by atoms with Gasteiger partial charge in [0.05, 0.1) is 6.54 Å². The summed E-state index contributed by atoms with van der Waals surface area (Å²) < 4.78 is 0. The minimum absolute atomic E-state index is 0.149. The summed E-state index contributed by atoms with van der Waals surface area (Å²) in [5.41, 5.74) is 5.34. The molecule has 0 unspecified atom stereocenters. The van der Waals surface area contributed by atoms with Gasteiger partial charge in [-0.15, -0.1) is 11.3 Å². The molecule has 1 heterocycles. The van der Waals surface area contributed by atoms with E-state index in [1.54, 1.807) is 0 Å². The van der Waals surface area contributed by atoms with Crippen LogP contribution in [0.5, 0.6) is 0 Å². The lowest BCUT2D eigenvalue weighted by Crippen LogP contribution is -2.26. The van der Waals surface area contributed by atoms with Crippen LogP contribution in [-0.4, -0.2) is 22.3 Å². The SMILES string of the molecule is O=C(NCc1ccccc1)c1csc(CN(CCC(c2ccccc2)c2ccccc2)Cc2ccc(Cl)cc2)n1. The molecule has 1 N–H and O–H groups in total. The quantitative estimate of drug-likeness (QED) is 0.167. The van der Waals surface area contributed by atoms with Crippen LogP contribution >= 0.6 is 22.9 Å². The summed E-state index contributed by atoms with van der Waals surface area (Å²) in [6.07, 6.45) is 0.956. The van der Waals surface area contributed by atoms with Gasteiger partial charge in [-0.05, 0) is 47.4 Å². The largest absolute Gasteiger partial charge is 0.347 e. The molecule has 0 atom stereocenters. The normalized spacial score (nSPS) is 11.2. The summed E-state index contributed by atoms with van der Waals surface area (Å²) in [6.45, 7) is 2.78. The molecule has 1 aromatic heterocycles. The van der Waals surface area contributed by atoms with E-state index in [-0.39, 0.29) is 11.8 Å². The van der Waals surface area contributed by atoms with E-state index in [0.29, 0.717) is 18.8 Å². The third kappa shape index (κ3) is 7.89. The number of hydrogen-bond donors (Lipinski definition) is 1. The number of nitrogens with one attached hydrogen (secondary N) is 1. The molecule has 0 bridgehead atoms. The number of carbonyl (C=O) groups excluding carboxylic acids is 1. The van der Waals surface area contributed by atoms with Crippen molar-refractivity contribution in [3.63, 3.8) is 0 Å². The van der Waals surface area contributed by atoms with Crippen LogP contribution in [0.1, 0.15) is 50.1 Å². The van der Waals surface area contributed by atoms with Crippen LogP contribution in [0.3, 0.4) is 0 Å². The third-order valence-electron chi connectivity index (χ3n) is 6.90. The lowest BCUT2D eigenvalue weighted by Gasteiger charge is -2.25. The summed E-state index contributed by atoms with van der Waals surface area (Å²) in [5, 5.41) is 6.49. The minimum atomic E-state index is -0.149. The molecule has 6 heteroatoms. The molecule has 4 nitrogen and oxygen atoms in total. The number of benzene rings is 4. The van der Waals surface area contributed by atoms with Gasteiger partial charge >= 0.3 is 0 Å². The Kier molecular flexibility index (Phi) is 9.75. The molecule has 0 radical (unpaired) electrons. The summed E-state index contributed by atoms with van der Waals surface area (Å²) in [5.74, 6) is 0.134. The number of amides is 1. The molecule has 5 aromatic rings. The van der Waals surface area contributed by atoms with Crippen molar-refractivity contribution in [2.24, 2.45) is 0 Å². The second-order valence-corrected chi connectivity index (χ2v) is 11.2. The van der Waals surface area contributed by atoms with Crippen molar-refractivity contribution in [2.45, 2.75) is 32.0 Å². The van der Waals surface area contributed by atoms with Crippen molar-refractivity contribution < 1.29 is 4.79 Å². The molecule has 0 saturated heterocycles. The van der Waals surface area contributed by atoms with Crippen molar-refractivity contribution >= 4 is 28.8 Å². The number of nitrogens with zero attached hydrogens (tertiary/aromatic N) is 2. The molecule has 0 saturated carbocycles. The van der Waals surface area contributed by atoms with Crippen molar-refractivity contribution in [3.05, 3.63) is 159 Å². The van der Waals surface area contributed by atoms with Crippen LogP contribution in [-0.2, 0) is 19.6 Å². The van der Waals surface area contributed by atoms with E-state index in [9.17, 15) is 4.79 Å². The number of aromatic nitrogens is 1. The number of hydrogen-bond acceptors (Lipinski definition) is 4. The van der Waals surface area contributed by atoms with E-state index in [1.807, 2.05) is 47.8 Å². The molecule has 4 aromatic carbocycles. The average molecular weight is 566 g/mol. The minimum Gasteiger partial charge on any atom is -0.347 e. The maximum absolute atomic E-state index is 12.8. The van der Waals surface area contributed by atoms with E-state index < -0.39 is 0 Å². The zero-order valence-electron chi connectivity index (χ0n) is 22.2. The first-order chi connectivity index (χ1) is 19.6. The number of thiazole rings is 1. The van der Waals surface area contributed by atoms with E-state index in [0.717, 1.165) is 35.1 Å². The van der Waals surface area contributed by atoms with E-state index in [2.05, 4.69) is 83.0 Å². The van der Waals surface area contributed by atoms with Gasteiger partial charge < -0.3 is 5.32 Å². The maximum atomic E-state index is 12.8. The average Bonchev–Trinajstić information content (AvgIpc) is 3.47. The van der Waals surface area contributed by atoms with Crippen molar-refractivity contribution in [1.82, 2.24) is 15.2 Å². The monoisotopic (exact) mass is 565 g/mol. The highest BCUT2D eigenvalue weighted by Crippen LogP contribution is 2.29. The van der Waals surface area contributed by atoms with Crippen LogP contribution in [0.2, 0.25) is 5.02 Å². The third-order valence-corrected chi connectivity index (χ3v) is 7.98. The van der Waals surface area contributed by atoms with E-state index >= 15 is 0 Å². The van der Waals surface area contributed by atoms with Gasteiger partial charge in [0.1, 0.15) is 10.7 Å². The van der Waals surface area contributed by atoms with Gasteiger partial charge in [-0.2, -0.15) is 0 Å². The Morgan fingerprint density at radius 3 is 2.00 bits per heavy atom. The Morgan fingerprint density at radius 1 is 0.775 bits per heavy atom. The van der Waals surface area contributed by atoms with Gasteiger partial charge in [0.2, 0.25) is 0 Å². The van der Waals surface area contributed by atoms with Gasteiger partial charge in [0.15, 0.2) is 0 Å². The Bertz CT molecular complexity index is 1430. The first-order valence-electron chi connectivity index (χ1n) is 13.5. The fourth-order valence-electron chi connectivity index (χ4n) is 4.82. The number of rotatable bonds is 12. The van der Waals surface area contributed by atoms with Gasteiger partial charge in [-0.3, -0.25) is 9.69 Å². The molecule has 0 fully saturated rings. The second-order valence-electron chi connectivity index (χ2n) is 9.79. The molecule has 0 aliphatic heterocycles. The highest BCUT2D eigenvalue weighted by atomic mass is 35.5. The van der Waals surface area contributed by atoms with Crippen molar-refractivity contribution in [1.29, 1.82) is 0 Å². The molecule has 0 aliphatic carbocycles. The molecule has 5 rings (SSSR count). The highest BCUT2D eigenvalue weighted by Gasteiger charge is 2.18. The van der Waals surface area contributed by atoms with Gasteiger partial charge in [-0.25, -0.2) is 4.98 Å². The lowest BCUT2D eigenvalue weighted by molar-refractivity contribution is 0.0946. The summed E-state index contributed by atoms with van der Waals surface area (Å²) >= 11 is 7.69. The van der Waals surface area contributed by atoms with Gasteiger partial charge in [0, 0.05) is 29.4 Å². The van der Waals surface area contributed by atoms with Crippen LogP contribution < -0.4 is 5.32 Å². The summed E-state index contributed by atoms with van der Waals surface area (Å²) in [7, 11) is 0. The Hall–Kier alpha value is -3.77. The predicted octanol–water partition coefficient (Wildman–Crippen LogP) is 7.95. The lowest BCUT2D eigenvalue weighted by atomic mass is 9.88. The molecule has 202 valence electrons. The maximum Gasteiger partial charge on any atom is 0.271 e. The zero-order chi connectivity index (χ0) is 27.6. The number of carbonyl (C=O) groups is 1. The predicted molar refractivity (Wildman–Crippen MR) is 165 cm³/mol. The fraction of sp³-hybridized carbons (Fsp3) is 0.176.